The second-order valence-corrected chi connectivity index (χ2v) is 13.5. The van der Waals surface area contributed by atoms with Gasteiger partial charge in [0.25, 0.3) is 8.32 Å². The smallest absolute Gasteiger partial charge is 0.334 e. The molecule has 0 saturated carbocycles. The Balaban J connectivity index is 2.03. The first-order valence-electron chi connectivity index (χ1n) is 11.5. The molecule has 0 bridgehead atoms. The van der Waals surface area contributed by atoms with Crippen LogP contribution in [-0.4, -0.2) is 31.5 Å². The van der Waals surface area contributed by atoms with E-state index in [9.17, 15) is 14.7 Å². The minimum Gasteiger partial charge on any atom is -0.481 e. The fourth-order valence-corrected chi connectivity index (χ4v) is 8.86. The Morgan fingerprint density at radius 2 is 1.29 bits per heavy atom. The fraction of sp³-hybridized carbons (Fsp3) is 0.286. The van der Waals surface area contributed by atoms with E-state index in [1.54, 1.807) is 0 Å². The molecule has 178 valence electrons. The molecular formula is C28H32O5Si. The molecule has 3 aromatic rings. The van der Waals surface area contributed by atoms with Crippen molar-refractivity contribution in [3.05, 3.63) is 96.6 Å². The lowest BCUT2D eigenvalue weighted by Gasteiger charge is -2.44. The minimum atomic E-state index is -3.05. The molecule has 0 radical (unpaired) electrons. The van der Waals surface area contributed by atoms with Gasteiger partial charge in [-0.25, -0.2) is 4.79 Å². The number of rotatable bonds is 10. The van der Waals surface area contributed by atoms with Gasteiger partial charge in [-0.15, -0.1) is 0 Å². The van der Waals surface area contributed by atoms with Crippen LogP contribution < -0.4 is 10.4 Å². The van der Waals surface area contributed by atoms with Gasteiger partial charge < -0.3 is 14.3 Å². The van der Waals surface area contributed by atoms with Crippen LogP contribution in [0.4, 0.5) is 0 Å². The number of carbonyl (C=O) groups is 2. The summed E-state index contributed by atoms with van der Waals surface area (Å²) in [5, 5.41) is 11.0. The zero-order valence-corrected chi connectivity index (χ0v) is 20.9. The monoisotopic (exact) mass is 476 g/mol. The van der Waals surface area contributed by atoms with Crippen molar-refractivity contribution in [1.82, 2.24) is 0 Å². The normalized spacial score (nSPS) is 12.7. The van der Waals surface area contributed by atoms with E-state index < -0.39 is 26.4 Å². The van der Waals surface area contributed by atoms with Crippen molar-refractivity contribution in [2.24, 2.45) is 0 Å². The van der Waals surface area contributed by atoms with Gasteiger partial charge in [-0.2, -0.15) is 0 Å². The van der Waals surface area contributed by atoms with E-state index >= 15 is 0 Å². The highest BCUT2D eigenvalue weighted by atomic mass is 28.4. The third kappa shape index (κ3) is 6.01. The summed E-state index contributed by atoms with van der Waals surface area (Å²) in [6.45, 7) is 6.45. The van der Waals surface area contributed by atoms with Crippen LogP contribution in [0, 0.1) is 0 Å². The number of hydrogen-bond donors (Lipinski definition) is 1. The Kier molecular flexibility index (Phi) is 8.42. The molecule has 0 amide bonds. The number of hydrogen-bond acceptors (Lipinski definition) is 4. The summed E-state index contributed by atoms with van der Waals surface area (Å²) in [5.41, 5.74) is 0.860. The number of benzene rings is 3. The van der Waals surface area contributed by atoms with Gasteiger partial charge in [0.1, 0.15) is 12.7 Å². The third-order valence-electron chi connectivity index (χ3n) is 5.84. The molecule has 6 heteroatoms. The Labute approximate surface area is 202 Å². The zero-order chi connectivity index (χ0) is 24.6. The van der Waals surface area contributed by atoms with Gasteiger partial charge in [0.05, 0.1) is 0 Å². The molecule has 1 unspecified atom stereocenters. The van der Waals surface area contributed by atoms with Crippen molar-refractivity contribution < 1.29 is 23.9 Å². The molecule has 5 nitrogen and oxygen atoms in total. The number of ether oxygens (including phenoxy) is 1. The molecule has 0 aliphatic rings. The van der Waals surface area contributed by atoms with Gasteiger partial charge in [-0.3, -0.25) is 4.79 Å². The van der Waals surface area contributed by atoms with Crippen LogP contribution in [0.1, 0.15) is 39.2 Å². The summed E-state index contributed by atoms with van der Waals surface area (Å²) < 4.78 is 12.5. The van der Waals surface area contributed by atoms with Gasteiger partial charge in [0.15, 0.2) is 0 Å². The lowest BCUT2D eigenvalue weighted by Crippen LogP contribution is -2.68. The van der Waals surface area contributed by atoms with Crippen molar-refractivity contribution in [2.75, 3.05) is 0 Å². The van der Waals surface area contributed by atoms with Gasteiger partial charge >= 0.3 is 11.9 Å². The number of carboxylic acid groups (broad SMARTS) is 1. The molecule has 1 atom stereocenters. The molecule has 0 fully saturated rings. The number of aliphatic carboxylic acids is 1. The number of carbonyl (C=O) groups excluding carboxylic acids is 1. The first-order chi connectivity index (χ1) is 16.2. The molecule has 0 saturated heterocycles. The summed E-state index contributed by atoms with van der Waals surface area (Å²) in [5.74, 6) is -1.52. The van der Waals surface area contributed by atoms with Crippen molar-refractivity contribution >= 4 is 30.6 Å². The Morgan fingerprint density at radius 1 is 0.824 bits per heavy atom. The van der Waals surface area contributed by atoms with Crippen LogP contribution in [0.5, 0.6) is 0 Å². The van der Waals surface area contributed by atoms with Crippen LogP contribution in [-0.2, 0) is 25.4 Å². The van der Waals surface area contributed by atoms with Crippen molar-refractivity contribution in [2.45, 2.75) is 51.4 Å². The molecule has 0 spiro atoms. The van der Waals surface area contributed by atoms with E-state index in [-0.39, 0.29) is 24.5 Å². The largest absolute Gasteiger partial charge is 0.481 e. The fourth-order valence-electron chi connectivity index (χ4n) is 4.21. The second kappa shape index (κ2) is 11.3. The van der Waals surface area contributed by atoms with Crippen molar-refractivity contribution in [3.63, 3.8) is 0 Å². The molecule has 34 heavy (non-hydrogen) atoms. The highest BCUT2D eigenvalue weighted by Gasteiger charge is 2.52. The van der Waals surface area contributed by atoms with E-state index in [1.165, 1.54) is 0 Å². The Morgan fingerprint density at radius 3 is 1.74 bits per heavy atom. The van der Waals surface area contributed by atoms with Gasteiger partial charge in [0, 0.05) is 6.42 Å². The highest BCUT2D eigenvalue weighted by molar-refractivity contribution is 6.99. The number of carboxylic acids is 1. The first kappa shape index (κ1) is 25.4. The molecule has 3 rings (SSSR count). The van der Waals surface area contributed by atoms with Crippen molar-refractivity contribution in [1.29, 1.82) is 0 Å². The van der Waals surface area contributed by atoms with E-state index in [2.05, 4.69) is 20.8 Å². The highest BCUT2D eigenvalue weighted by Crippen LogP contribution is 2.38. The van der Waals surface area contributed by atoms with Crippen molar-refractivity contribution in [3.8, 4) is 0 Å². The molecule has 1 N–H and O–H groups in total. The summed E-state index contributed by atoms with van der Waals surface area (Å²) in [7, 11) is -3.05. The molecule has 0 heterocycles. The van der Waals surface area contributed by atoms with Crippen LogP contribution in [0.25, 0.3) is 0 Å². The van der Waals surface area contributed by atoms with E-state index in [0.29, 0.717) is 0 Å². The number of esters is 1. The molecule has 3 aromatic carbocycles. The molecule has 0 aliphatic carbocycles. The quantitative estimate of drug-likeness (QED) is 0.344. The topological polar surface area (TPSA) is 72.8 Å². The van der Waals surface area contributed by atoms with E-state index in [1.807, 2.05) is 91.0 Å². The second-order valence-electron chi connectivity index (χ2n) is 9.30. The van der Waals surface area contributed by atoms with Crippen LogP contribution in [0.15, 0.2) is 91.0 Å². The van der Waals surface area contributed by atoms with E-state index in [0.717, 1.165) is 15.9 Å². The van der Waals surface area contributed by atoms with Gasteiger partial charge in [0.2, 0.25) is 0 Å². The standard InChI is InChI=1S/C28H32O5Si/c1-28(2,3)34(23-15-9-5-10-16-23,24-17-11-6-12-18-24)33-25(19-20-26(29)30)27(31)32-21-22-13-7-4-8-14-22/h4-18,25H,19-21H2,1-3H3,(H,29,30). The van der Waals surface area contributed by atoms with Gasteiger partial charge in [-0.05, 0) is 27.4 Å². The van der Waals surface area contributed by atoms with Crippen LogP contribution >= 0.6 is 0 Å². The summed E-state index contributed by atoms with van der Waals surface area (Å²) in [6, 6.07) is 29.3. The first-order valence-corrected chi connectivity index (χ1v) is 13.4. The molecular weight excluding hydrogens is 444 g/mol. The lowest BCUT2D eigenvalue weighted by atomic mass is 10.2. The predicted octanol–water partition coefficient (Wildman–Crippen LogP) is 4.54. The maximum absolute atomic E-state index is 13.3. The average molecular weight is 477 g/mol. The maximum Gasteiger partial charge on any atom is 0.334 e. The molecule has 0 aliphatic heterocycles. The predicted molar refractivity (Wildman–Crippen MR) is 136 cm³/mol. The zero-order valence-electron chi connectivity index (χ0n) is 19.9. The maximum atomic E-state index is 13.3. The minimum absolute atomic E-state index is 0.0352. The summed E-state index contributed by atoms with van der Waals surface area (Å²) in [6.07, 6.45) is -1.16. The third-order valence-corrected chi connectivity index (χ3v) is 10.9. The lowest BCUT2D eigenvalue weighted by molar-refractivity contribution is -0.154. The summed E-state index contributed by atoms with van der Waals surface area (Å²) in [4.78, 5) is 24.7. The van der Waals surface area contributed by atoms with Crippen LogP contribution in [0.2, 0.25) is 5.04 Å². The van der Waals surface area contributed by atoms with Gasteiger partial charge in [-0.1, -0.05) is 112 Å². The van der Waals surface area contributed by atoms with E-state index in [4.69, 9.17) is 9.16 Å². The Hall–Kier alpha value is -3.22. The Bertz CT molecular complexity index is 1020. The SMILES string of the molecule is CC(C)(C)[Si](OC(CCC(=O)O)C(=O)OCc1ccccc1)(c1ccccc1)c1ccccc1. The van der Waals surface area contributed by atoms with Crippen LogP contribution in [0.3, 0.4) is 0 Å². The summed E-state index contributed by atoms with van der Waals surface area (Å²) >= 11 is 0. The molecule has 0 aromatic heterocycles. The average Bonchev–Trinajstić information content (AvgIpc) is 2.83.